The fourth-order valence-corrected chi connectivity index (χ4v) is 2.43. The van der Waals surface area contributed by atoms with Crippen molar-refractivity contribution in [2.75, 3.05) is 0 Å². The van der Waals surface area contributed by atoms with Gasteiger partial charge in [-0.1, -0.05) is 0 Å². The number of aromatic nitrogens is 1. The summed E-state index contributed by atoms with van der Waals surface area (Å²) in [5.41, 5.74) is 1.58. The molecule has 0 saturated carbocycles. The number of H-pyrrole nitrogens is 1. The molecule has 17 heavy (non-hydrogen) atoms. The molecule has 86 valence electrons. The van der Waals surface area contributed by atoms with Gasteiger partial charge in [0.15, 0.2) is 0 Å². The second-order valence-corrected chi connectivity index (χ2v) is 4.59. The first-order valence-corrected chi connectivity index (χ1v) is 6.08. The lowest BCUT2D eigenvalue weighted by molar-refractivity contribution is 0.0944. The molecule has 0 spiro atoms. The number of fused-ring (bicyclic) bond motifs is 1. The molecule has 3 rings (SSSR count). The molecule has 3 aromatic rings. The topological polar surface area (TPSA) is 58.0 Å². The molecule has 0 aromatic carbocycles. The van der Waals surface area contributed by atoms with Gasteiger partial charge in [0.25, 0.3) is 5.91 Å². The van der Waals surface area contributed by atoms with Crippen molar-refractivity contribution >= 4 is 27.5 Å². The zero-order chi connectivity index (χ0) is 11.7. The van der Waals surface area contributed by atoms with Gasteiger partial charge >= 0.3 is 0 Å². The number of hydrogen-bond donors (Lipinski definition) is 2. The number of thiophene rings is 1. The summed E-state index contributed by atoms with van der Waals surface area (Å²) in [4.78, 5) is 14.9. The lowest BCUT2D eigenvalue weighted by Crippen LogP contribution is -2.22. The minimum absolute atomic E-state index is 0.121. The highest BCUT2D eigenvalue weighted by Gasteiger charge is 2.10. The Morgan fingerprint density at radius 1 is 1.47 bits per heavy atom. The summed E-state index contributed by atoms with van der Waals surface area (Å²) >= 11 is 1.61. The summed E-state index contributed by atoms with van der Waals surface area (Å²) in [6.07, 6.45) is 1.59. The van der Waals surface area contributed by atoms with E-state index in [0.29, 0.717) is 12.2 Å². The molecule has 0 atom stereocenters. The first-order valence-electron chi connectivity index (χ1n) is 5.20. The fraction of sp³-hybridized carbons (Fsp3) is 0.0833. The Balaban J connectivity index is 1.72. The molecule has 0 aliphatic heterocycles. The molecule has 0 aliphatic carbocycles. The molecule has 0 bridgehead atoms. The SMILES string of the molecule is O=C(NCc1ccco1)c1cc2sccc2[nH]1. The van der Waals surface area contributed by atoms with Gasteiger partial charge in [0.1, 0.15) is 11.5 Å². The summed E-state index contributed by atoms with van der Waals surface area (Å²) in [7, 11) is 0. The zero-order valence-electron chi connectivity index (χ0n) is 8.90. The van der Waals surface area contributed by atoms with Gasteiger partial charge in [-0.05, 0) is 29.6 Å². The molecule has 3 aromatic heterocycles. The highest BCUT2D eigenvalue weighted by Crippen LogP contribution is 2.21. The van der Waals surface area contributed by atoms with Gasteiger partial charge in [0.2, 0.25) is 0 Å². The Morgan fingerprint density at radius 2 is 2.41 bits per heavy atom. The van der Waals surface area contributed by atoms with Crippen LogP contribution in [-0.4, -0.2) is 10.9 Å². The largest absolute Gasteiger partial charge is 0.467 e. The van der Waals surface area contributed by atoms with Crippen LogP contribution in [0.1, 0.15) is 16.2 Å². The third-order valence-electron chi connectivity index (χ3n) is 2.49. The predicted octanol–water partition coefficient (Wildman–Crippen LogP) is 2.75. The van der Waals surface area contributed by atoms with Crippen LogP contribution in [0.25, 0.3) is 10.2 Å². The van der Waals surface area contributed by atoms with Crippen LogP contribution < -0.4 is 5.32 Å². The van der Waals surface area contributed by atoms with Gasteiger partial charge in [-0.2, -0.15) is 0 Å². The summed E-state index contributed by atoms with van der Waals surface area (Å²) in [5.74, 6) is 0.622. The number of furan rings is 1. The molecule has 0 radical (unpaired) electrons. The van der Waals surface area contributed by atoms with Crippen molar-refractivity contribution in [1.29, 1.82) is 0 Å². The first-order chi connectivity index (χ1) is 8.33. The van der Waals surface area contributed by atoms with E-state index in [0.717, 1.165) is 16.0 Å². The molecule has 3 heterocycles. The van der Waals surface area contributed by atoms with E-state index in [-0.39, 0.29) is 5.91 Å². The molecule has 0 saturated heterocycles. The van der Waals surface area contributed by atoms with Crippen LogP contribution in [0, 0.1) is 0 Å². The quantitative estimate of drug-likeness (QED) is 0.746. The monoisotopic (exact) mass is 246 g/mol. The Labute approximate surface area is 101 Å². The number of nitrogens with one attached hydrogen (secondary N) is 2. The number of aromatic amines is 1. The molecule has 2 N–H and O–H groups in total. The van der Waals surface area contributed by atoms with Crippen molar-refractivity contribution in [3.8, 4) is 0 Å². The van der Waals surface area contributed by atoms with Crippen molar-refractivity contribution in [3.63, 3.8) is 0 Å². The van der Waals surface area contributed by atoms with Crippen LogP contribution in [0.3, 0.4) is 0 Å². The van der Waals surface area contributed by atoms with Gasteiger partial charge in [0, 0.05) is 0 Å². The van der Waals surface area contributed by atoms with E-state index in [4.69, 9.17) is 4.42 Å². The average Bonchev–Trinajstić information content (AvgIpc) is 3.01. The number of hydrogen-bond acceptors (Lipinski definition) is 3. The Hall–Kier alpha value is -2.01. The lowest BCUT2D eigenvalue weighted by Gasteiger charge is -2.00. The third kappa shape index (κ3) is 1.97. The van der Waals surface area contributed by atoms with Crippen LogP contribution in [0.2, 0.25) is 0 Å². The molecule has 0 fully saturated rings. The van der Waals surface area contributed by atoms with Gasteiger partial charge in [-0.3, -0.25) is 4.79 Å². The highest BCUT2D eigenvalue weighted by molar-refractivity contribution is 7.17. The minimum Gasteiger partial charge on any atom is -0.467 e. The van der Waals surface area contributed by atoms with E-state index < -0.39 is 0 Å². The summed E-state index contributed by atoms with van der Waals surface area (Å²) in [6, 6.07) is 7.44. The van der Waals surface area contributed by atoms with E-state index in [1.807, 2.05) is 23.6 Å². The maximum Gasteiger partial charge on any atom is 0.268 e. The molecule has 0 aliphatic rings. The van der Waals surface area contributed by atoms with Crippen molar-refractivity contribution in [2.24, 2.45) is 0 Å². The Kier molecular flexibility index (Phi) is 2.45. The van der Waals surface area contributed by atoms with E-state index in [1.165, 1.54) is 0 Å². The second kappa shape index (κ2) is 4.10. The third-order valence-corrected chi connectivity index (χ3v) is 3.35. The van der Waals surface area contributed by atoms with E-state index in [1.54, 1.807) is 23.7 Å². The summed E-state index contributed by atoms with van der Waals surface area (Å²) in [5, 5.41) is 4.78. The highest BCUT2D eigenvalue weighted by atomic mass is 32.1. The van der Waals surface area contributed by atoms with Gasteiger partial charge in [-0.25, -0.2) is 0 Å². The average molecular weight is 246 g/mol. The van der Waals surface area contributed by atoms with Gasteiger partial charge in [0.05, 0.1) is 23.0 Å². The van der Waals surface area contributed by atoms with Crippen LogP contribution in [-0.2, 0) is 6.54 Å². The van der Waals surface area contributed by atoms with Crippen LogP contribution in [0.5, 0.6) is 0 Å². The maximum atomic E-state index is 11.8. The lowest BCUT2D eigenvalue weighted by atomic mass is 10.4. The second-order valence-electron chi connectivity index (χ2n) is 3.64. The maximum absolute atomic E-state index is 11.8. The van der Waals surface area contributed by atoms with Gasteiger partial charge in [-0.15, -0.1) is 11.3 Å². The molecular formula is C12H10N2O2S. The molecule has 0 unspecified atom stereocenters. The van der Waals surface area contributed by atoms with Crippen molar-refractivity contribution in [3.05, 3.63) is 47.4 Å². The van der Waals surface area contributed by atoms with Crippen LogP contribution in [0.4, 0.5) is 0 Å². The Bertz CT molecular complexity index is 608. The molecule has 1 amide bonds. The Morgan fingerprint density at radius 3 is 3.18 bits per heavy atom. The smallest absolute Gasteiger partial charge is 0.268 e. The van der Waals surface area contributed by atoms with E-state index >= 15 is 0 Å². The van der Waals surface area contributed by atoms with Crippen LogP contribution in [0.15, 0.2) is 40.3 Å². The first kappa shape index (κ1) is 10.2. The summed E-state index contributed by atoms with van der Waals surface area (Å²) < 4.78 is 6.23. The normalized spacial score (nSPS) is 10.8. The van der Waals surface area contributed by atoms with Crippen molar-refractivity contribution in [1.82, 2.24) is 10.3 Å². The standard InChI is InChI=1S/C12H10N2O2S/c15-12(13-7-8-2-1-4-16-8)10-6-11-9(14-10)3-5-17-11/h1-6,14H,7H2,(H,13,15). The fourth-order valence-electron chi connectivity index (χ4n) is 1.65. The number of amides is 1. The molecule has 5 heteroatoms. The van der Waals surface area contributed by atoms with Crippen LogP contribution >= 0.6 is 11.3 Å². The summed E-state index contributed by atoms with van der Waals surface area (Å²) in [6.45, 7) is 0.401. The van der Waals surface area contributed by atoms with Crippen molar-refractivity contribution < 1.29 is 9.21 Å². The van der Waals surface area contributed by atoms with E-state index in [9.17, 15) is 4.79 Å². The zero-order valence-corrected chi connectivity index (χ0v) is 9.71. The van der Waals surface area contributed by atoms with Crippen molar-refractivity contribution in [2.45, 2.75) is 6.54 Å². The minimum atomic E-state index is -0.121. The number of carbonyl (C=O) groups is 1. The molecule has 4 nitrogen and oxygen atoms in total. The van der Waals surface area contributed by atoms with Gasteiger partial charge < -0.3 is 14.7 Å². The number of carbonyl (C=O) groups excluding carboxylic acids is 1. The predicted molar refractivity (Wildman–Crippen MR) is 66.1 cm³/mol. The van der Waals surface area contributed by atoms with E-state index in [2.05, 4.69) is 10.3 Å². The molecular weight excluding hydrogens is 236 g/mol. The number of rotatable bonds is 3.